The van der Waals surface area contributed by atoms with E-state index in [0.29, 0.717) is 23.5 Å². The Balaban J connectivity index is 1.31. The zero-order valence-corrected chi connectivity index (χ0v) is 27.9. The van der Waals surface area contributed by atoms with Gasteiger partial charge in [0, 0.05) is 26.3 Å². The molecule has 0 saturated carbocycles. The molecule has 3 amide bonds. The van der Waals surface area contributed by atoms with Gasteiger partial charge in [0.15, 0.2) is 0 Å². The van der Waals surface area contributed by atoms with Gasteiger partial charge in [0.2, 0.25) is 5.91 Å². The van der Waals surface area contributed by atoms with E-state index in [9.17, 15) is 14.4 Å². The highest BCUT2D eigenvalue weighted by Gasteiger charge is 2.23. The Bertz CT molecular complexity index is 1850. The maximum Gasteiger partial charge on any atom is 0.272 e. The number of hydrogen-bond donors (Lipinski definition) is 3. The Hall–Kier alpha value is -5.12. The summed E-state index contributed by atoms with van der Waals surface area (Å²) in [6, 6.07) is 40.2. The maximum absolute atomic E-state index is 13.5. The largest absolute Gasteiger partial charge is 0.494 e. The van der Waals surface area contributed by atoms with Crippen LogP contribution in [0.1, 0.15) is 33.7 Å². The van der Waals surface area contributed by atoms with Crippen molar-refractivity contribution in [2.24, 2.45) is 0 Å². The highest BCUT2D eigenvalue weighted by Crippen LogP contribution is 2.37. The summed E-state index contributed by atoms with van der Waals surface area (Å²) >= 11 is 4.85. The van der Waals surface area contributed by atoms with Gasteiger partial charge in [-0.05, 0) is 96.9 Å². The quantitative estimate of drug-likeness (QED) is 0.0891. The predicted molar refractivity (Wildman–Crippen MR) is 192 cm³/mol. The molecule has 3 N–H and O–H groups in total. The minimum absolute atomic E-state index is 0.0884. The summed E-state index contributed by atoms with van der Waals surface area (Å²) in [5.74, 6) is -0.309. The summed E-state index contributed by atoms with van der Waals surface area (Å²) in [5.41, 5.74) is 3.31. The molecule has 0 spiro atoms. The van der Waals surface area contributed by atoms with Crippen LogP contribution in [-0.2, 0) is 9.59 Å². The highest BCUT2D eigenvalue weighted by molar-refractivity contribution is 9.10. The third kappa shape index (κ3) is 9.68. The van der Waals surface area contributed by atoms with Crippen molar-refractivity contribution in [3.8, 4) is 5.75 Å². The molecule has 0 fully saturated rings. The molecular formula is C38H32BrN3O4S. The summed E-state index contributed by atoms with van der Waals surface area (Å²) in [6.07, 6.45) is 1.62. The van der Waals surface area contributed by atoms with Crippen molar-refractivity contribution in [1.82, 2.24) is 5.32 Å². The van der Waals surface area contributed by atoms with Crippen molar-refractivity contribution in [1.29, 1.82) is 0 Å². The summed E-state index contributed by atoms with van der Waals surface area (Å²) in [4.78, 5) is 40.8. The molecule has 0 heterocycles. The Kier molecular flexibility index (Phi) is 11.6. The minimum atomic E-state index is -0.531. The number of nitrogens with one attached hydrogen (secondary N) is 3. The van der Waals surface area contributed by atoms with Crippen LogP contribution in [0.2, 0.25) is 0 Å². The lowest BCUT2D eigenvalue weighted by molar-refractivity contribution is -0.116. The normalized spacial score (nSPS) is 11.7. The second-order valence-corrected chi connectivity index (χ2v) is 12.4. The van der Waals surface area contributed by atoms with Gasteiger partial charge in [0.1, 0.15) is 16.7 Å². The number of thioether (sulfide) groups is 1. The molecule has 1 unspecified atom stereocenters. The Morgan fingerprint density at radius 1 is 0.766 bits per heavy atom. The summed E-state index contributed by atoms with van der Waals surface area (Å²) in [7, 11) is 0. The average molecular weight is 707 g/mol. The van der Waals surface area contributed by atoms with E-state index in [1.807, 2.05) is 104 Å². The highest BCUT2D eigenvalue weighted by atomic mass is 79.9. The average Bonchev–Trinajstić information content (AvgIpc) is 3.09. The molecule has 0 bridgehead atoms. The van der Waals surface area contributed by atoms with Crippen molar-refractivity contribution in [3.05, 3.63) is 160 Å². The molecule has 0 aliphatic carbocycles. The molecule has 0 aromatic heterocycles. The van der Waals surface area contributed by atoms with E-state index in [0.717, 1.165) is 26.2 Å². The fourth-order valence-electron chi connectivity index (χ4n) is 4.57. The van der Waals surface area contributed by atoms with Crippen LogP contribution in [-0.4, -0.2) is 24.3 Å². The smallest absolute Gasteiger partial charge is 0.272 e. The number of hydrogen-bond acceptors (Lipinski definition) is 5. The van der Waals surface area contributed by atoms with E-state index in [2.05, 4.69) is 31.9 Å². The first-order valence-corrected chi connectivity index (χ1v) is 16.6. The zero-order chi connectivity index (χ0) is 33.0. The topological polar surface area (TPSA) is 96.5 Å². The summed E-state index contributed by atoms with van der Waals surface area (Å²) in [6.45, 7) is 2.49. The van der Waals surface area contributed by atoms with Crippen LogP contribution < -0.4 is 20.7 Å². The SMILES string of the molecule is CCOc1ccc(NC(=O)C(Sc2ccc(NC(=O)/C(=C/c3cccc(Br)c3)NC(=O)c3ccccc3)cc2)c2ccccc2)cc1. The predicted octanol–water partition coefficient (Wildman–Crippen LogP) is 8.73. The molecule has 0 saturated heterocycles. The van der Waals surface area contributed by atoms with Crippen LogP contribution in [0.4, 0.5) is 11.4 Å². The Labute approximate surface area is 286 Å². The van der Waals surface area contributed by atoms with Crippen LogP contribution in [0.25, 0.3) is 6.08 Å². The number of ether oxygens (including phenoxy) is 1. The van der Waals surface area contributed by atoms with E-state index < -0.39 is 17.1 Å². The number of halogens is 1. The maximum atomic E-state index is 13.5. The van der Waals surface area contributed by atoms with Gasteiger partial charge < -0.3 is 20.7 Å². The lowest BCUT2D eigenvalue weighted by atomic mass is 10.1. The second-order valence-electron chi connectivity index (χ2n) is 10.3. The van der Waals surface area contributed by atoms with E-state index in [-0.39, 0.29) is 11.6 Å². The molecular weight excluding hydrogens is 674 g/mol. The molecule has 0 radical (unpaired) electrons. The fourth-order valence-corrected chi connectivity index (χ4v) is 6.01. The van der Waals surface area contributed by atoms with Crippen LogP contribution in [0.5, 0.6) is 5.75 Å². The number of benzene rings is 5. The zero-order valence-electron chi connectivity index (χ0n) is 25.5. The van der Waals surface area contributed by atoms with Gasteiger partial charge in [0.25, 0.3) is 11.8 Å². The van der Waals surface area contributed by atoms with E-state index in [1.54, 1.807) is 42.5 Å². The Morgan fingerprint density at radius 3 is 2.06 bits per heavy atom. The van der Waals surface area contributed by atoms with Crippen LogP contribution in [0.3, 0.4) is 0 Å². The Morgan fingerprint density at radius 2 is 1.40 bits per heavy atom. The lowest BCUT2D eigenvalue weighted by Crippen LogP contribution is -2.30. The number of carbonyl (C=O) groups is 3. The number of carbonyl (C=O) groups excluding carboxylic acids is 3. The van der Waals surface area contributed by atoms with Gasteiger partial charge in [-0.3, -0.25) is 14.4 Å². The van der Waals surface area contributed by atoms with E-state index >= 15 is 0 Å². The summed E-state index contributed by atoms with van der Waals surface area (Å²) in [5, 5.41) is 8.12. The molecule has 47 heavy (non-hydrogen) atoms. The van der Waals surface area contributed by atoms with Gasteiger partial charge in [-0.2, -0.15) is 0 Å². The third-order valence-electron chi connectivity index (χ3n) is 6.83. The lowest BCUT2D eigenvalue weighted by Gasteiger charge is -2.18. The van der Waals surface area contributed by atoms with Crippen molar-refractivity contribution in [2.45, 2.75) is 17.1 Å². The van der Waals surface area contributed by atoms with E-state index in [1.165, 1.54) is 11.8 Å². The van der Waals surface area contributed by atoms with E-state index in [4.69, 9.17) is 4.74 Å². The number of rotatable bonds is 12. The molecule has 5 aromatic carbocycles. The first-order chi connectivity index (χ1) is 22.9. The molecule has 236 valence electrons. The third-order valence-corrected chi connectivity index (χ3v) is 8.59. The van der Waals surface area contributed by atoms with Crippen LogP contribution in [0, 0.1) is 0 Å². The molecule has 7 nitrogen and oxygen atoms in total. The summed E-state index contributed by atoms with van der Waals surface area (Å²) < 4.78 is 6.35. The fraction of sp³-hybridized carbons (Fsp3) is 0.0789. The first-order valence-electron chi connectivity index (χ1n) is 14.9. The monoisotopic (exact) mass is 705 g/mol. The van der Waals surface area contributed by atoms with Crippen molar-refractivity contribution < 1.29 is 19.1 Å². The van der Waals surface area contributed by atoms with Gasteiger partial charge in [-0.15, -0.1) is 11.8 Å². The van der Waals surface area contributed by atoms with Crippen LogP contribution in [0.15, 0.2) is 149 Å². The van der Waals surface area contributed by atoms with Crippen molar-refractivity contribution in [2.75, 3.05) is 17.2 Å². The van der Waals surface area contributed by atoms with Crippen molar-refractivity contribution in [3.63, 3.8) is 0 Å². The van der Waals surface area contributed by atoms with Crippen LogP contribution >= 0.6 is 27.7 Å². The molecule has 0 aliphatic rings. The van der Waals surface area contributed by atoms with Crippen molar-refractivity contribution >= 4 is 62.9 Å². The van der Waals surface area contributed by atoms with Gasteiger partial charge >= 0.3 is 0 Å². The molecule has 5 rings (SSSR count). The van der Waals surface area contributed by atoms with Gasteiger partial charge in [-0.1, -0.05) is 76.6 Å². The minimum Gasteiger partial charge on any atom is -0.494 e. The van der Waals surface area contributed by atoms with Gasteiger partial charge in [-0.25, -0.2) is 0 Å². The molecule has 9 heteroatoms. The number of anilines is 2. The standard InChI is InChI=1S/C38H32BrN3O4S/c1-2-46-32-20-16-30(17-21-32)41-38(45)35(27-11-5-3-6-12-27)47-33-22-18-31(19-23-33)40-37(44)34(25-26-10-9-15-29(39)24-26)42-36(43)28-13-7-4-8-14-28/h3-25,35H,2H2,1H3,(H,40,44)(H,41,45)(H,42,43)/b34-25-. The first kappa shape index (κ1) is 33.2. The molecule has 5 aromatic rings. The second kappa shape index (κ2) is 16.4. The van der Waals surface area contributed by atoms with Gasteiger partial charge in [0.05, 0.1) is 6.61 Å². The number of amides is 3. The molecule has 1 atom stereocenters. The molecule has 0 aliphatic heterocycles.